The molecule has 0 aliphatic rings. The van der Waals surface area contributed by atoms with Gasteiger partial charge in [-0.05, 0) is 57.9 Å². The molecule has 1 aromatic heterocycles. The zero-order valence-electron chi connectivity index (χ0n) is 22.6. The van der Waals surface area contributed by atoms with Gasteiger partial charge in [0.2, 0.25) is 0 Å². The molecule has 212 valence electrons. The molecule has 5 rings (SSSR count). The second-order valence-electron chi connectivity index (χ2n) is 8.73. The highest BCUT2D eigenvalue weighted by atomic mass is 33.1. The van der Waals surface area contributed by atoms with E-state index in [1.807, 2.05) is 72.8 Å². The van der Waals surface area contributed by atoms with Crippen molar-refractivity contribution in [1.29, 1.82) is 5.26 Å². The topological polar surface area (TPSA) is 91.8 Å². The Hall–Kier alpha value is -3.63. The van der Waals surface area contributed by atoms with Gasteiger partial charge in [-0.3, -0.25) is 10.1 Å². The van der Waals surface area contributed by atoms with Crippen LogP contribution in [0.15, 0.2) is 154 Å². The maximum atomic E-state index is 11.2. The fourth-order valence-corrected chi connectivity index (χ4v) is 12.6. The van der Waals surface area contributed by atoms with E-state index >= 15 is 0 Å². The summed E-state index contributed by atoms with van der Waals surface area (Å²) in [4.78, 5) is 15.0. The summed E-state index contributed by atoms with van der Waals surface area (Å²) < 4.78 is 0.925. The maximum Gasteiger partial charge on any atom is 0.287 e. The highest BCUT2D eigenvalue weighted by Crippen LogP contribution is 2.55. The molecule has 0 saturated heterocycles. The number of hydrogen-bond acceptors (Lipinski definition) is 8. The Labute approximate surface area is 265 Å². The Morgan fingerprint density at radius 2 is 1.23 bits per heavy atom. The quantitative estimate of drug-likeness (QED) is 0.0479. The van der Waals surface area contributed by atoms with Crippen molar-refractivity contribution in [3.05, 3.63) is 159 Å². The summed E-state index contributed by atoms with van der Waals surface area (Å²) in [5, 5.41) is 33.6. The first-order valence-electron chi connectivity index (χ1n) is 13.0. The number of thiocyanates is 1. The summed E-state index contributed by atoms with van der Waals surface area (Å²) >= 11 is 1.17. The first-order chi connectivity index (χ1) is 21.1. The Morgan fingerprint density at radius 1 is 0.744 bits per heavy atom. The van der Waals surface area contributed by atoms with Crippen LogP contribution in [0.1, 0.15) is 0 Å². The molecule has 5 aromatic rings. The summed E-state index contributed by atoms with van der Waals surface area (Å²) in [6.07, 6.45) is 1.27. The number of thioether (sulfide) groups is 1. The monoisotopic (exact) mass is 654 g/mol. The Balaban J connectivity index is 1.65. The molecule has 0 spiro atoms. The van der Waals surface area contributed by atoms with E-state index in [1.165, 1.54) is 45.6 Å². The van der Waals surface area contributed by atoms with Crippen molar-refractivity contribution < 1.29 is 4.92 Å². The van der Waals surface area contributed by atoms with E-state index in [4.69, 9.17) is 0 Å². The third-order valence-electron chi connectivity index (χ3n) is 5.95. The minimum Gasteiger partial charge on any atom is -0.350 e. The third kappa shape index (κ3) is 8.26. The van der Waals surface area contributed by atoms with E-state index in [0.717, 1.165) is 30.9 Å². The highest BCUT2D eigenvalue weighted by molar-refractivity contribution is 8.78. The van der Waals surface area contributed by atoms with Crippen LogP contribution in [0.2, 0.25) is 0 Å². The van der Waals surface area contributed by atoms with Gasteiger partial charge in [-0.15, -0.1) is 0 Å². The maximum absolute atomic E-state index is 11.2. The Bertz CT molecular complexity index is 1630. The average Bonchev–Trinajstić information content (AvgIpc) is 3.07. The number of hydrogen-bond donors (Lipinski definition) is 1. The van der Waals surface area contributed by atoms with Crippen LogP contribution in [0.3, 0.4) is 0 Å². The van der Waals surface area contributed by atoms with Crippen LogP contribution in [-0.2, 0) is 0 Å². The highest BCUT2D eigenvalue weighted by Gasteiger charge is 2.27. The van der Waals surface area contributed by atoms with Crippen LogP contribution in [0.5, 0.6) is 0 Å². The van der Waals surface area contributed by atoms with Crippen molar-refractivity contribution >= 4 is 76.2 Å². The zero-order chi connectivity index (χ0) is 29.9. The number of rotatable bonds is 12. The van der Waals surface area contributed by atoms with Gasteiger partial charge in [0.15, 0.2) is 0 Å². The van der Waals surface area contributed by atoms with E-state index in [2.05, 4.69) is 64.0 Å². The number of nitrogens with zero attached hydrogens (tertiary/aromatic N) is 3. The molecular weight excluding hydrogens is 631 g/mol. The van der Waals surface area contributed by atoms with Gasteiger partial charge in [0, 0.05) is 16.7 Å². The molecule has 1 N–H and O–H groups in total. The van der Waals surface area contributed by atoms with Crippen LogP contribution in [0.4, 0.5) is 5.69 Å². The van der Waals surface area contributed by atoms with Gasteiger partial charge in [-0.1, -0.05) is 121 Å². The number of benzene rings is 4. The molecule has 6 nitrogen and oxygen atoms in total. The third-order valence-corrected chi connectivity index (χ3v) is 14.3. The lowest BCUT2D eigenvalue weighted by molar-refractivity contribution is -0.385. The van der Waals surface area contributed by atoms with Gasteiger partial charge < -0.3 is 5.09 Å². The van der Waals surface area contributed by atoms with Crippen LogP contribution < -0.4 is 26.3 Å². The van der Waals surface area contributed by atoms with Gasteiger partial charge in [0.05, 0.1) is 22.7 Å². The fourth-order valence-electron chi connectivity index (χ4n) is 4.02. The molecule has 0 saturated carbocycles. The van der Waals surface area contributed by atoms with Gasteiger partial charge in [-0.25, -0.2) is 4.98 Å². The first kappa shape index (κ1) is 30.8. The Morgan fingerprint density at radius 3 is 1.65 bits per heavy atom. The van der Waals surface area contributed by atoms with Crippen molar-refractivity contribution in [2.45, 2.75) is 5.03 Å². The normalized spacial score (nSPS) is 11.6. The predicted octanol–water partition coefficient (Wildman–Crippen LogP) is 7.84. The second kappa shape index (κ2) is 15.7. The lowest BCUT2D eigenvalue weighted by atomic mass is 10.4. The minimum absolute atomic E-state index is 0.0580. The molecule has 1 heterocycles. The van der Waals surface area contributed by atoms with Crippen molar-refractivity contribution in [1.82, 2.24) is 10.1 Å². The molecule has 0 fully saturated rings. The van der Waals surface area contributed by atoms with Crippen molar-refractivity contribution in [2.24, 2.45) is 0 Å². The largest absolute Gasteiger partial charge is 0.350 e. The molecule has 11 heteroatoms. The number of nitrogens with one attached hydrogen (secondary N) is 1. The van der Waals surface area contributed by atoms with Crippen molar-refractivity contribution in [3.8, 4) is 5.40 Å². The Kier molecular flexibility index (Phi) is 11.3. The molecule has 0 unspecified atom stereocenters. The fraction of sp³-hybridized carbons (Fsp3) is 0. The summed E-state index contributed by atoms with van der Waals surface area (Å²) in [7, 11) is 0.737. The van der Waals surface area contributed by atoms with E-state index in [-0.39, 0.29) is 5.69 Å². The van der Waals surface area contributed by atoms with Gasteiger partial charge >= 0.3 is 0 Å². The van der Waals surface area contributed by atoms with E-state index in [1.54, 1.807) is 6.07 Å². The number of nitro groups is 1. The SMILES string of the molecule is N#CS/C(=C(/NP(c1ccccc1)c1ccccc1)SSc1ccc([N+](=O)[O-])cn1)P(c1ccccc1)c1ccccc1. The van der Waals surface area contributed by atoms with Gasteiger partial charge in [-0.2, -0.15) is 5.26 Å². The molecular formula is C32H24N4O2P2S3. The number of pyridine rings is 1. The van der Waals surface area contributed by atoms with Crippen molar-refractivity contribution in [3.63, 3.8) is 0 Å². The zero-order valence-corrected chi connectivity index (χ0v) is 26.8. The first-order valence-corrected chi connectivity index (χ1v) is 18.6. The molecule has 0 radical (unpaired) electrons. The van der Waals surface area contributed by atoms with Crippen LogP contribution in [-0.4, -0.2) is 9.91 Å². The molecule has 0 aliphatic heterocycles. The van der Waals surface area contributed by atoms with Crippen LogP contribution in [0.25, 0.3) is 0 Å². The second-order valence-corrected chi connectivity index (χ2v) is 16.1. The number of nitriles is 1. The lowest BCUT2D eigenvalue weighted by Gasteiger charge is -2.27. The summed E-state index contributed by atoms with van der Waals surface area (Å²) in [6.45, 7) is 0. The summed E-state index contributed by atoms with van der Waals surface area (Å²) in [6, 6.07) is 44.3. The van der Waals surface area contributed by atoms with Crippen LogP contribution in [0, 0.1) is 20.8 Å². The predicted molar refractivity (Wildman–Crippen MR) is 186 cm³/mol. The van der Waals surface area contributed by atoms with E-state index in [9.17, 15) is 15.4 Å². The van der Waals surface area contributed by atoms with E-state index < -0.39 is 20.9 Å². The molecule has 4 aromatic carbocycles. The standard InChI is InChI=1S/C32H24N4O2P2S3/c33-24-41-32(39(26-13-5-1-6-14-26)27-15-7-2-8-16-27)31(43-42-30-22-21-25(23-34-30)36(37)38)35-40(28-17-9-3-10-18-28)29-19-11-4-12-20-29/h1-23,35H/b32-31-. The molecule has 0 atom stereocenters. The van der Waals surface area contributed by atoms with Crippen molar-refractivity contribution in [2.75, 3.05) is 0 Å². The van der Waals surface area contributed by atoms with Gasteiger partial charge in [0.1, 0.15) is 16.6 Å². The van der Waals surface area contributed by atoms with Crippen LogP contribution >= 0.6 is 49.3 Å². The van der Waals surface area contributed by atoms with E-state index in [0.29, 0.717) is 5.03 Å². The van der Waals surface area contributed by atoms with Gasteiger partial charge in [0.25, 0.3) is 5.69 Å². The molecule has 43 heavy (non-hydrogen) atoms. The smallest absolute Gasteiger partial charge is 0.287 e. The molecule has 0 aliphatic carbocycles. The lowest BCUT2D eigenvalue weighted by Crippen LogP contribution is -2.23. The molecule has 0 bridgehead atoms. The summed E-state index contributed by atoms with van der Waals surface area (Å²) in [5.74, 6) is 0. The molecule has 0 amide bonds. The minimum atomic E-state index is -1.10. The summed E-state index contributed by atoms with van der Waals surface area (Å²) in [5.41, 5.74) is -0.0580. The number of aromatic nitrogens is 1. The average molecular weight is 655 g/mol.